The Morgan fingerprint density at radius 3 is 3.05 bits per heavy atom. The average Bonchev–Trinajstić information content (AvgIpc) is 3.01. The van der Waals surface area contributed by atoms with E-state index in [1.54, 1.807) is 7.11 Å². The van der Waals surface area contributed by atoms with Gasteiger partial charge in [-0.1, -0.05) is 11.8 Å². The van der Waals surface area contributed by atoms with Gasteiger partial charge in [-0.2, -0.15) is 5.26 Å². The van der Waals surface area contributed by atoms with Crippen molar-refractivity contribution in [1.29, 1.82) is 5.26 Å². The van der Waals surface area contributed by atoms with Gasteiger partial charge in [-0.25, -0.2) is 4.68 Å². The summed E-state index contributed by atoms with van der Waals surface area (Å²) in [5.74, 6) is 7.34. The van der Waals surface area contributed by atoms with Gasteiger partial charge in [0.1, 0.15) is 10.9 Å². The summed E-state index contributed by atoms with van der Waals surface area (Å²) in [6.45, 7) is 0.566. The van der Waals surface area contributed by atoms with Crippen LogP contribution in [0.15, 0.2) is 17.3 Å². The second kappa shape index (κ2) is 6.56. The molecule has 100 valence electrons. The second-order valence-electron chi connectivity index (χ2n) is 3.68. The number of hydrogen-bond acceptors (Lipinski definition) is 7. The first-order chi connectivity index (χ1) is 9.24. The van der Waals surface area contributed by atoms with E-state index >= 15 is 0 Å². The Morgan fingerprint density at radius 1 is 1.53 bits per heavy atom. The normalized spacial score (nSPS) is 10.5. The molecule has 0 aromatic carbocycles. The number of methoxy groups -OCH3 is 1. The molecule has 2 heterocycles. The van der Waals surface area contributed by atoms with E-state index in [2.05, 4.69) is 16.3 Å². The molecule has 2 rings (SSSR count). The maximum absolute atomic E-state index is 8.76. The standard InChI is InChI=1S/C11H13N5OS2/c1-17-5-4-10-14-15-11(16(10)13)18-7-9-3-2-8(6-12)19-9/h2-3H,4-5,7,13H2,1H3. The Morgan fingerprint density at radius 2 is 2.37 bits per heavy atom. The van der Waals surface area contributed by atoms with Crippen LogP contribution in [0.5, 0.6) is 0 Å². The molecule has 0 aliphatic carbocycles. The van der Waals surface area contributed by atoms with E-state index in [9.17, 15) is 0 Å². The molecule has 19 heavy (non-hydrogen) atoms. The van der Waals surface area contributed by atoms with Gasteiger partial charge in [0.2, 0.25) is 5.16 Å². The lowest BCUT2D eigenvalue weighted by Crippen LogP contribution is -2.15. The first-order valence-electron chi connectivity index (χ1n) is 5.54. The SMILES string of the molecule is COCCc1nnc(SCc2ccc(C#N)s2)n1N. The number of nitrogens with two attached hydrogens (primary N) is 1. The summed E-state index contributed by atoms with van der Waals surface area (Å²) < 4.78 is 6.47. The van der Waals surface area contributed by atoms with E-state index in [4.69, 9.17) is 15.8 Å². The molecular formula is C11H13N5OS2. The van der Waals surface area contributed by atoms with Gasteiger partial charge in [0.25, 0.3) is 0 Å². The second-order valence-corrected chi connectivity index (χ2v) is 5.79. The third kappa shape index (κ3) is 3.47. The third-order valence-corrected chi connectivity index (χ3v) is 4.54. The molecule has 8 heteroatoms. The lowest BCUT2D eigenvalue weighted by atomic mass is 10.4. The Kier molecular flexibility index (Phi) is 4.79. The van der Waals surface area contributed by atoms with Crippen LogP contribution in [0.4, 0.5) is 0 Å². The summed E-state index contributed by atoms with van der Waals surface area (Å²) >= 11 is 2.98. The molecule has 0 aliphatic rings. The Balaban J connectivity index is 1.96. The molecule has 2 aromatic rings. The van der Waals surface area contributed by atoms with E-state index in [0.29, 0.717) is 28.9 Å². The van der Waals surface area contributed by atoms with Crippen LogP contribution < -0.4 is 5.84 Å². The van der Waals surface area contributed by atoms with Crippen LogP contribution in [0.3, 0.4) is 0 Å². The lowest BCUT2D eigenvalue weighted by molar-refractivity contribution is 0.200. The van der Waals surface area contributed by atoms with Crippen LogP contribution in [0.2, 0.25) is 0 Å². The van der Waals surface area contributed by atoms with Crippen molar-refractivity contribution in [2.24, 2.45) is 0 Å². The third-order valence-electron chi connectivity index (χ3n) is 2.38. The zero-order valence-electron chi connectivity index (χ0n) is 10.4. The number of rotatable bonds is 6. The molecule has 0 spiro atoms. The Bertz CT molecular complexity index is 586. The molecule has 0 saturated heterocycles. The van der Waals surface area contributed by atoms with E-state index in [1.165, 1.54) is 27.8 Å². The maximum Gasteiger partial charge on any atom is 0.210 e. The summed E-state index contributed by atoms with van der Waals surface area (Å²) in [4.78, 5) is 1.83. The van der Waals surface area contributed by atoms with Crippen LogP contribution in [-0.2, 0) is 16.9 Å². The van der Waals surface area contributed by atoms with Crippen molar-refractivity contribution in [3.63, 3.8) is 0 Å². The summed E-state index contributed by atoms with van der Waals surface area (Å²) in [5, 5.41) is 17.5. The van der Waals surface area contributed by atoms with Crippen LogP contribution in [0.25, 0.3) is 0 Å². The van der Waals surface area contributed by atoms with Gasteiger partial charge in [-0.05, 0) is 12.1 Å². The Labute approximate surface area is 119 Å². The van der Waals surface area contributed by atoms with E-state index in [0.717, 1.165) is 10.6 Å². The lowest BCUT2D eigenvalue weighted by Gasteiger charge is -2.02. The largest absolute Gasteiger partial charge is 0.384 e. The van der Waals surface area contributed by atoms with Crippen molar-refractivity contribution in [3.8, 4) is 6.07 Å². The van der Waals surface area contributed by atoms with E-state index in [-0.39, 0.29) is 0 Å². The number of thiophene rings is 1. The minimum absolute atomic E-state index is 0.566. The van der Waals surface area contributed by atoms with Gasteiger partial charge in [0, 0.05) is 24.2 Å². The molecule has 2 aromatic heterocycles. The van der Waals surface area contributed by atoms with Crippen molar-refractivity contribution in [2.75, 3.05) is 19.6 Å². The monoisotopic (exact) mass is 295 g/mol. The minimum Gasteiger partial charge on any atom is -0.384 e. The zero-order chi connectivity index (χ0) is 13.7. The van der Waals surface area contributed by atoms with Crippen molar-refractivity contribution >= 4 is 23.1 Å². The van der Waals surface area contributed by atoms with Gasteiger partial charge in [-0.15, -0.1) is 21.5 Å². The fourth-order valence-corrected chi connectivity index (χ4v) is 3.14. The summed E-state index contributed by atoms with van der Waals surface area (Å²) in [6, 6.07) is 5.88. The van der Waals surface area contributed by atoms with Crippen LogP contribution in [-0.4, -0.2) is 28.6 Å². The number of nitrogen functional groups attached to an aromatic ring is 1. The van der Waals surface area contributed by atoms with Gasteiger partial charge < -0.3 is 10.6 Å². The molecular weight excluding hydrogens is 282 g/mol. The van der Waals surface area contributed by atoms with Gasteiger partial charge in [0.05, 0.1) is 6.61 Å². The number of nitriles is 1. The number of nitrogens with zero attached hydrogens (tertiary/aromatic N) is 4. The van der Waals surface area contributed by atoms with Crippen molar-refractivity contribution in [1.82, 2.24) is 14.9 Å². The van der Waals surface area contributed by atoms with Crippen molar-refractivity contribution in [2.45, 2.75) is 17.3 Å². The Hall–Kier alpha value is -1.56. The summed E-state index contributed by atoms with van der Waals surface area (Å²) in [6.07, 6.45) is 0.637. The van der Waals surface area contributed by atoms with Crippen LogP contribution in [0.1, 0.15) is 15.6 Å². The van der Waals surface area contributed by atoms with Crippen molar-refractivity contribution < 1.29 is 4.74 Å². The molecule has 0 radical (unpaired) electrons. The average molecular weight is 295 g/mol. The van der Waals surface area contributed by atoms with Gasteiger partial charge in [0.15, 0.2) is 5.82 Å². The minimum atomic E-state index is 0.566. The summed E-state index contributed by atoms with van der Waals surface area (Å²) in [5.41, 5.74) is 0. The summed E-state index contributed by atoms with van der Waals surface area (Å²) in [7, 11) is 1.64. The highest BCUT2D eigenvalue weighted by Gasteiger charge is 2.10. The van der Waals surface area contributed by atoms with Gasteiger partial charge >= 0.3 is 0 Å². The highest BCUT2D eigenvalue weighted by atomic mass is 32.2. The van der Waals surface area contributed by atoms with Crippen LogP contribution >= 0.6 is 23.1 Å². The highest BCUT2D eigenvalue weighted by Crippen LogP contribution is 2.25. The molecule has 2 N–H and O–H groups in total. The smallest absolute Gasteiger partial charge is 0.210 e. The fourth-order valence-electron chi connectivity index (χ4n) is 1.42. The molecule has 0 atom stereocenters. The van der Waals surface area contributed by atoms with E-state index < -0.39 is 0 Å². The number of ether oxygens (including phenoxy) is 1. The first kappa shape index (κ1) is 13.9. The van der Waals surface area contributed by atoms with E-state index in [1.807, 2.05) is 12.1 Å². The maximum atomic E-state index is 8.76. The molecule has 6 nitrogen and oxygen atoms in total. The zero-order valence-corrected chi connectivity index (χ0v) is 12.0. The van der Waals surface area contributed by atoms with Crippen molar-refractivity contribution in [3.05, 3.63) is 27.7 Å². The molecule has 0 saturated carbocycles. The molecule has 0 amide bonds. The fraction of sp³-hybridized carbons (Fsp3) is 0.364. The van der Waals surface area contributed by atoms with Gasteiger partial charge in [-0.3, -0.25) is 0 Å². The molecule has 0 bridgehead atoms. The molecule has 0 fully saturated rings. The predicted octanol–water partition coefficient (Wildman–Crippen LogP) is 1.41. The predicted molar refractivity (Wildman–Crippen MR) is 74.3 cm³/mol. The topological polar surface area (TPSA) is 89.8 Å². The molecule has 0 aliphatic heterocycles. The molecule has 0 unspecified atom stereocenters. The number of thioether (sulfide) groups is 1. The quantitative estimate of drug-likeness (QED) is 0.640. The highest BCUT2D eigenvalue weighted by molar-refractivity contribution is 7.98. The van der Waals surface area contributed by atoms with Crippen LogP contribution in [0, 0.1) is 11.3 Å². The first-order valence-corrected chi connectivity index (χ1v) is 7.34. The number of hydrogen-bond donors (Lipinski definition) is 1. The number of aromatic nitrogens is 3.